The van der Waals surface area contributed by atoms with Crippen LogP contribution in [0.5, 0.6) is 0 Å². The maximum absolute atomic E-state index is 12.4. The first kappa shape index (κ1) is 89.3. The maximum atomic E-state index is 12.4. The van der Waals surface area contributed by atoms with Crippen molar-refractivity contribution in [1.82, 2.24) is 20.5 Å². The molecule has 0 spiro atoms. The smallest absolute Gasteiger partial charge is 0.465 e. The van der Waals surface area contributed by atoms with Crippen molar-refractivity contribution in [3.05, 3.63) is 81.0 Å². The van der Waals surface area contributed by atoms with Gasteiger partial charge in [0.15, 0.2) is 19.3 Å². The van der Waals surface area contributed by atoms with Gasteiger partial charge in [0.2, 0.25) is 0 Å². The van der Waals surface area contributed by atoms with Gasteiger partial charge in [-0.25, -0.2) is 4.79 Å². The molecule has 6 heterocycles. The summed E-state index contributed by atoms with van der Waals surface area (Å²) in [7, 11) is -4.41. The second-order valence-corrected chi connectivity index (χ2v) is 31.6. The Kier molecular flexibility index (Phi) is 40.2. The summed E-state index contributed by atoms with van der Waals surface area (Å²) >= 11 is 6.17. The van der Waals surface area contributed by atoms with Crippen molar-refractivity contribution in [2.45, 2.75) is 264 Å². The third-order valence-electron chi connectivity index (χ3n) is 14.7. The second-order valence-electron chi connectivity index (χ2n) is 24.7. The Balaban J connectivity index is 0. The van der Waals surface area contributed by atoms with Gasteiger partial charge >= 0.3 is 45.3 Å². The second kappa shape index (κ2) is 40.6. The number of alkyl halides is 9. The lowest BCUT2D eigenvalue weighted by Gasteiger charge is -2.32. The molecule has 90 heavy (non-hydrogen) atoms. The minimum atomic E-state index is -4.87. The third kappa shape index (κ3) is 32.1. The number of methoxy groups -OCH3 is 1. The van der Waals surface area contributed by atoms with E-state index in [9.17, 15) is 59.0 Å². The van der Waals surface area contributed by atoms with Gasteiger partial charge in [0.25, 0.3) is 0 Å². The van der Waals surface area contributed by atoms with E-state index in [1.165, 1.54) is 122 Å². The molecule has 6 rings (SSSR count). The van der Waals surface area contributed by atoms with E-state index in [1.807, 2.05) is 55.4 Å². The lowest BCUT2D eigenvalue weighted by molar-refractivity contribution is -0.259. The zero-order valence-electron chi connectivity index (χ0n) is 55.6. The van der Waals surface area contributed by atoms with Crippen molar-refractivity contribution in [2.75, 3.05) is 13.7 Å². The number of hydrogen-bond acceptors (Lipinski definition) is 15. The van der Waals surface area contributed by atoms with Gasteiger partial charge in [0, 0.05) is 69.3 Å². The molecule has 0 bridgehead atoms. The predicted octanol–water partition coefficient (Wildman–Crippen LogP) is 15.8. The average molecular weight is 1450 g/mol. The van der Waals surface area contributed by atoms with Gasteiger partial charge in [-0.15, -0.1) is 10.0 Å². The molecule has 0 aliphatic carbocycles. The minimum Gasteiger partial charge on any atom is -0.465 e. The summed E-state index contributed by atoms with van der Waals surface area (Å²) in [6.07, 6.45) is 16.1. The fraction of sp³-hybridized carbons (Fsp3) is 0.729. The summed E-state index contributed by atoms with van der Waals surface area (Å²) in [6, 6.07) is 3.67. The van der Waals surface area contributed by atoms with Crippen LogP contribution < -0.4 is 11.0 Å². The van der Waals surface area contributed by atoms with Crippen LogP contribution in [-0.4, -0.2) is 131 Å². The van der Waals surface area contributed by atoms with Gasteiger partial charge in [-0.05, 0) is 126 Å². The van der Waals surface area contributed by atoms with E-state index in [-0.39, 0.29) is 45.6 Å². The van der Waals surface area contributed by atoms with E-state index in [0.29, 0.717) is 30.5 Å². The highest BCUT2D eigenvalue weighted by molar-refractivity contribution is 9.10. The Hall–Kier alpha value is -2.81. The molecule has 3 fully saturated rings. The van der Waals surface area contributed by atoms with Crippen molar-refractivity contribution in [3.63, 3.8) is 0 Å². The normalized spacial score (nSPS) is 18.3. The fourth-order valence-electron chi connectivity index (χ4n) is 6.88. The number of nitrogens with zero attached hydrogens (tertiary/aromatic N) is 3. The number of aromatic nitrogens is 3. The minimum absolute atomic E-state index is 0.220. The molecule has 3 aliphatic heterocycles. The molecule has 3 aromatic rings. The molecule has 3 saturated heterocycles. The Labute approximate surface area is 546 Å². The van der Waals surface area contributed by atoms with Crippen LogP contribution >= 0.6 is 31.9 Å². The van der Waals surface area contributed by atoms with E-state index in [1.54, 1.807) is 17.8 Å². The van der Waals surface area contributed by atoms with Crippen LogP contribution in [0.2, 0.25) is 19.6 Å². The van der Waals surface area contributed by atoms with E-state index in [4.69, 9.17) is 33.4 Å². The highest BCUT2D eigenvalue weighted by Crippen LogP contribution is 2.44. The number of pyridine rings is 3. The largest absolute Gasteiger partial charge is 0.490 e. The summed E-state index contributed by atoms with van der Waals surface area (Å²) in [5.41, 5.74) is -6.46. The Morgan fingerprint density at radius 2 is 0.956 bits per heavy atom. The number of nitrogens with one attached hydrogen (secondary N) is 1. The molecule has 15 nitrogen and oxygen atoms in total. The molecule has 518 valence electrons. The molecule has 31 heteroatoms. The molecule has 0 radical (unpaired) electrons. The number of halogens is 12. The molecule has 3 aromatic heterocycles. The summed E-state index contributed by atoms with van der Waals surface area (Å²) in [5.74, 6) is -4.30. The van der Waals surface area contributed by atoms with E-state index in [2.05, 4.69) is 79.2 Å². The summed E-state index contributed by atoms with van der Waals surface area (Å²) < 4.78 is 155. The van der Waals surface area contributed by atoms with Gasteiger partial charge in [-0.1, -0.05) is 130 Å². The van der Waals surface area contributed by atoms with Crippen molar-refractivity contribution in [3.8, 4) is 0 Å². The van der Waals surface area contributed by atoms with Crippen LogP contribution in [-0.2, 0) is 39.3 Å². The van der Waals surface area contributed by atoms with Gasteiger partial charge in [-0.2, -0.15) is 39.5 Å². The lowest BCUT2D eigenvalue weighted by atomic mass is 9.49. The van der Waals surface area contributed by atoms with E-state index in [0.717, 1.165) is 42.0 Å². The Bertz CT molecular complexity index is 2360. The zero-order valence-corrected chi connectivity index (χ0v) is 59.8. The number of carbonyl (C=O) groups is 1. The number of aliphatic hydroxyl groups is 2. The number of hydrogen-bond donors (Lipinski definition) is 5. The topological polar surface area (TPSA) is 204 Å². The van der Waals surface area contributed by atoms with Crippen LogP contribution in [0.1, 0.15) is 208 Å². The molecule has 0 saturated carbocycles. The van der Waals surface area contributed by atoms with Gasteiger partial charge < -0.3 is 48.4 Å². The molecular weight excluding hydrogens is 1350 g/mol. The van der Waals surface area contributed by atoms with E-state index >= 15 is 0 Å². The molecule has 0 amide bonds. The quantitative estimate of drug-likeness (QED) is 0.0298. The molecule has 3 aliphatic rings. The lowest BCUT2D eigenvalue weighted by Crippen LogP contribution is -2.41. The van der Waals surface area contributed by atoms with Crippen molar-refractivity contribution >= 4 is 72.5 Å². The molecule has 3 atom stereocenters. The van der Waals surface area contributed by atoms with Crippen LogP contribution in [0, 0.1) is 0 Å². The number of carbonyl (C=O) groups excluding carboxylic acids is 1. The number of ether oxygens (including phenoxy) is 2. The third-order valence-corrected chi connectivity index (χ3v) is 17.3. The van der Waals surface area contributed by atoms with Crippen molar-refractivity contribution in [1.29, 1.82) is 0 Å². The van der Waals surface area contributed by atoms with E-state index < -0.39 is 64.1 Å². The molecular formula is C59H99B3Br2F10N4O11Si. The van der Waals surface area contributed by atoms with Crippen molar-refractivity contribution < 1.29 is 97.1 Å². The summed E-state index contributed by atoms with van der Waals surface area (Å²) in [6.45, 7) is 31.0. The first-order valence-corrected chi connectivity index (χ1v) is 35.1. The average Bonchev–Trinajstić information content (AvgIpc) is 1.57. The van der Waals surface area contributed by atoms with Crippen LogP contribution in [0.3, 0.4) is 0 Å². The Morgan fingerprint density at radius 1 is 0.622 bits per heavy atom. The van der Waals surface area contributed by atoms with Gasteiger partial charge in [-0.3, -0.25) is 15.0 Å². The fourth-order valence-corrected chi connectivity index (χ4v) is 7.61. The maximum Gasteiger partial charge on any atom is 0.490 e. The van der Waals surface area contributed by atoms with Gasteiger partial charge in [0.05, 0.1) is 35.1 Å². The van der Waals surface area contributed by atoms with Crippen molar-refractivity contribution in [2.24, 2.45) is 0 Å². The van der Waals surface area contributed by atoms with Crippen LogP contribution in [0.15, 0.2) is 64.3 Å². The monoisotopic (exact) mass is 1450 g/mol. The summed E-state index contributed by atoms with van der Waals surface area (Å²) in [4.78, 5) is 21.7. The highest BCUT2D eigenvalue weighted by atomic mass is 79.9. The number of esters is 1. The molecule has 3 unspecified atom stereocenters. The molecule has 5 N–H and O–H groups in total. The standard InChI is InChI=1S/C12H24B2O4.C8H9BF3NO3.C8H7BrF3NO.2C8H18.C7H6BrNO2.C4H9F3Si.C4H8FNO/c1-9(2)10(3,4)16-13(15-9)14-17-11(5,6)12(7,8)18-14;1-7(14,8(10,11)12)5-2-6(9(15)16)4-13-3-5;1-7(14,8(10,11)12)5-2-6(9)4-13-3-5;2*1-3-5-7-8-6-4-2;1-11-7(10)5-2-6(8)4-9-3-5;1-8(2,3)4(5,6)7;5-6-4-2-1-3-7-4/h1-8H3;2-4,14-16H,1H3;2-4,14H,1H3;2*3-8H2,1-2H3;2-4H,1H3;1-3H3;4,6H,1-3H2. The summed E-state index contributed by atoms with van der Waals surface area (Å²) in [5, 5.41) is 36.1. The van der Waals surface area contributed by atoms with Crippen LogP contribution in [0.4, 0.5) is 44.0 Å². The number of unbranched alkanes of at least 4 members (excludes halogenated alkanes) is 10. The SMILES string of the molecule is CC(O)(c1cncc(B(O)O)c1)C(F)(F)F.CC(O)(c1cncc(Br)c1)C(F)(F)F.CC1(C)OB(B2OC(C)(C)C(C)(C)O2)OC1(C)C.CCCCCCCC.CCCCCCCC.COC(=O)c1cncc(Br)c1.C[Si](C)(C)C(F)(F)F.FNC1CCCO1. The predicted molar refractivity (Wildman–Crippen MR) is 343 cm³/mol. The molecule has 0 aromatic carbocycles. The highest BCUT2D eigenvalue weighted by Gasteiger charge is 2.64. The first-order chi connectivity index (χ1) is 41.0. The Morgan fingerprint density at radius 3 is 1.21 bits per heavy atom. The number of rotatable bonds is 16. The zero-order chi connectivity index (χ0) is 70.4. The van der Waals surface area contributed by atoms with Crippen LogP contribution in [0.25, 0.3) is 0 Å². The van der Waals surface area contributed by atoms with Gasteiger partial charge in [0.1, 0.15) is 6.23 Å². The first-order valence-electron chi connectivity index (χ1n) is 30.0.